The summed E-state index contributed by atoms with van der Waals surface area (Å²) in [5, 5.41) is 21.6. The molecule has 0 saturated carbocycles. The normalized spacial score (nSPS) is 18.3. The van der Waals surface area contributed by atoms with E-state index in [2.05, 4.69) is 30.6 Å². The van der Waals surface area contributed by atoms with Gasteiger partial charge in [-0.05, 0) is 25.1 Å². The second-order valence-corrected chi connectivity index (χ2v) is 7.51. The first kappa shape index (κ1) is 19.8. The van der Waals surface area contributed by atoms with E-state index in [0.717, 1.165) is 0 Å². The molecule has 11 nitrogen and oxygen atoms in total. The number of rotatable bonds is 5. The quantitative estimate of drug-likeness (QED) is 0.481. The molecular weight excluding hydrogens is 414 g/mol. The number of nitrogens with zero attached hydrogens (tertiary/aromatic N) is 6. The molecule has 1 fully saturated rings. The van der Waals surface area contributed by atoms with Gasteiger partial charge in [0, 0.05) is 32.3 Å². The number of pyridine rings is 1. The number of likely N-dealkylation sites (N-methyl/N-ethyl adjacent to an activating group) is 1. The van der Waals surface area contributed by atoms with Gasteiger partial charge < -0.3 is 24.4 Å². The zero-order valence-electron chi connectivity index (χ0n) is 17.3. The lowest BCUT2D eigenvalue weighted by molar-refractivity contribution is -0.144. The molecule has 1 amide bonds. The van der Waals surface area contributed by atoms with Crippen LogP contribution < -0.4 is 5.32 Å². The van der Waals surface area contributed by atoms with Gasteiger partial charge in [0.2, 0.25) is 11.5 Å². The zero-order chi connectivity index (χ0) is 22.3. The van der Waals surface area contributed by atoms with Crippen LogP contribution in [-0.4, -0.2) is 54.8 Å². The Bertz CT molecular complexity index is 1300. The van der Waals surface area contributed by atoms with Gasteiger partial charge in [0.25, 0.3) is 5.91 Å². The number of aliphatic hydroxyl groups is 1. The summed E-state index contributed by atoms with van der Waals surface area (Å²) in [5.41, 5.74) is 1.07. The van der Waals surface area contributed by atoms with E-state index in [1.165, 1.54) is 4.90 Å². The van der Waals surface area contributed by atoms with E-state index in [0.29, 0.717) is 46.7 Å². The van der Waals surface area contributed by atoms with E-state index < -0.39 is 11.5 Å². The summed E-state index contributed by atoms with van der Waals surface area (Å²) in [6.07, 6.45) is 3.41. The second kappa shape index (κ2) is 7.54. The van der Waals surface area contributed by atoms with Gasteiger partial charge in [-0.3, -0.25) is 4.79 Å². The summed E-state index contributed by atoms with van der Waals surface area (Å²) >= 11 is 0. The molecule has 5 heterocycles. The highest BCUT2D eigenvalue weighted by molar-refractivity contribution is 5.87. The summed E-state index contributed by atoms with van der Waals surface area (Å²) in [7, 11) is 1.64. The largest absolute Gasteiger partial charge is 0.373 e. The summed E-state index contributed by atoms with van der Waals surface area (Å²) in [6.45, 7) is 2.22. The van der Waals surface area contributed by atoms with Crippen LogP contribution in [0.1, 0.15) is 17.9 Å². The molecule has 32 heavy (non-hydrogen) atoms. The zero-order valence-corrected chi connectivity index (χ0v) is 17.3. The third-order valence-corrected chi connectivity index (χ3v) is 5.35. The summed E-state index contributed by atoms with van der Waals surface area (Å²) in [4.78, 5) is 27.1. The van der Waals surface area contributed by atoms with Crippen LogP contribution in [0, 0.1) is 6.92 Å². The minimum absolute atomic E-state index is 0.103. The Kier molecular flexibility index (Phi) is 4.67. The van der Waals surface area contributed by atoms with Crippen molar-refractivity contribution in [2.75, 3.05) is 18.9 Å². The van der Waals surface area contributed by atoms with Gasteiger partial charge >= 0.3 is 0 Å². The summed E-state index contributed by atoms with van der Waals surface area (Å²) in [5.74, 6) is 0.683. The molecule has 11 heteroatoms. The number of nitrogens with one attached hydrogen (secondary N) is 1. The highest BCUT2D eigenvalue weighted by atomic mass is 16.5. The van der Waals surface area contributed by atoms with Crippen LogP contribution in [0.2, 0.25) is 0 Å². The summed E-state index contributed by atoms with van der Waals surface area (Å²) < 4.78 is 10.4. The number of anilines is 2. The van der Waals surface area contributed by atoms with Crippen molar-refractivity contribution in [2.45, 2.75) is 18.9 Å². The van der Waals surface area contributed by atoms with E-state index in [9.17, 15) is 9.90 Å². The lowest BCUT2D eigenvalue weighted by atomic mass is 9.98. The van der Waals surface area contributed by atoms with Gasteiger partial charge in [-0.1, -0.05) is 16.4 Å². The molecule has 0 aromatic carbocycles. The topological polar surface area (TPSA) is 143 Å². The fourth-order valence-electron chi connectivity index (χ4n) is 3.49. The number of carbonyl (C=O) groups excluding carboxylic acids is 1. The molecule has 4 aromatic heterocycles. The molecule has 0 aliphatic carbocycles. The third kappa shape index (κ3) is 3.38. The highest BCUT2D eigenvalue weighted by Crippen LogP contribution is 2.34. The fraction of sp³-hybridized carbons (Fsp3) is 0.238. The molecule has 0 radical (unpaired) electrons. The van der Waals surface area contributed by atoms with E-state index in [4.69, 9.17) is 9.05 Å². The van der Waals surface area contributed by atoms with Crippen molar-refractivity contribution in [3.63, 3.8) is 0 Å². The Morgan fingerprint density at radius 1 is 1.12 bits per heavy atom. The molecule has 0 spiro atoms. The van der Waals surface area contributed by atoms with Crippen molar-refractivity contribution >= 4 is 17.5 Å². The van der Waals surface area contributed by atoms with Crippen molar-refractivity contribution in [3.05, 3.63) is 54.2 Å². The fourth-order valence-corrected chi connectivity index (χ4v) is 3.49. The van der Waals surface area contributed by atoms with Crippen LogP contribution in [0.25, 0.3) is 22.8 Å². The Balaban J connectivity index is 1.43. The monoisotopic (exact) mass is 433 g/mol. The molecule has 4 aromatic rings. The van der Waals surface area contributed by atoms with Crippen molar-refractivity contribution in [1.82, 2.24) is 30.2 Å². The number of amides is 1. The SMILES string of the molecule is Cc1oncc1Nc1nccc(-c2cccc(-c3cc([C@]4(O)CCN(C)C4=O)on3)n2)n1. The highest BCUT2D eigenvalue weighted by Gasteiger charge is 2.48. The molecule has 1 atom stereocenters. The number of carbonyl (C=O) groups is 1. The van der Waals surface area contributed by atoms with E-state index in [1.807, 2.05) is 12.1 Å². The summed E-state index contributed by atoms with van der Waals surface area (Å²) in [6, 6.07) is 8.67. The van der Waals surface area contributed by atoms with Crippen LogP contribution in [0.3, 0.4) is 0 Å². The lowest BCUT2D eigenvalue weighted by Gasteiger charge is -2.16. The van der Waals surface area contributed by atoms with Gasteiger partial charge in [-0.2, -0.15) is 0 Å². The smallest absolute Gasteiger partial charge is 0.262 e. The van der Waals surface area contributed by atoms with Gasteiger partial charge in [0.15, 0.2) is 11.5 Å². The number of likely N-dealkylation sites (tertiary alicyclic amines) is 1. The average Bonchev–Trinajstić information content (AvgIpc) is 3.52. The van der Waals surface area contributed by atoms with Crippen molar-refractivity contribution in [1.29, 1.82) is 0 Å². The molecule has 2 N–H and O–H groups in total. The van der Waals surface area contributed by atoms with Gasteiger partial charge in [0.05, 0.1) is 23.3 Å². The van der Waals surface area contributed by atoms with Crippen molar-refractivity contribution in [3.8, 4) is 22.8 Å². The van der Waals surface area contributed by atoms with Crippen LogP contribution >= 0.6 is 0 Å². The Morgan fingerprint density at radius 3 is 2.62 bits per heavy atom. The predicted molar refractivity (Wildman–Crippen MR) is 111 cm³/mol. The lowest BCUT2D eigenvalue weighted by Crippen LogP contribution is -2.35. The molecule has 0 bridgehead atoms. The Morgan fingerprint density at radius 2 is 1.91 bits per heavy atom. The maximum Gasteiger partial charge on any atom is 0.262 e. The maximum atomic E-state index is 12.3. The molecular formula is C21H19N7O4. The van der Waals surface area contributed by atoms with Crippen molar-refractivity contribution in [2.24, 2.45) is 0 Å². The van der Waals surface area contributed by atoms with E-state index in [1.54, 1.807) is 44.6 Å². The molecule has 0 unspecified atom stereocenters. The van der Waals surface area contributed by atoms with Gasteiger partial charge in [-0.25, -0.2) is 15.0 Å². The number of hydrogen-bond acceptors (Lipinski definition) is 10. The Labute approximate surface area is 182 Å². The number of aromatic nitrogens is 5. The average molecular weight is 433 g/mol. The van der Waals surface area contributed by atoms with Crippen LogP contribution in [0.5, 0.6) is 0 Å². The molecule has 1 aliphatic rings. The predicted octanol–water partition coefficient (Wildman–Crippen LogP) is 2.28. The molecule has 5 rings (SSSR count). The van der Waals surface area contributed by atoms with E-state index >= 15 is 0 Å². The molecule has 162 valence electrons. The minimum atomic E-state index is -1.70. The minimum Gasteiger partial charge on any atom is -0.373 e. The first-order valence-corrected chi connectivity index (χ1v) is 9.88. The maximum absolute atomic E-state index is 12.3. The van der Waals surface area contributed by atoms with Crippen molar-refractivity contribution < 1.29 is 18.9 Å². The molecule has 1 aliphatic heterocycles. The first-order valence-electron chi connectivity index (χ1n) is 9.88. The van der Waals surface area contributed by atoms with Crippen LogP contribution in [0.4, 0.5) is 11.6 Å². The van der Waals surface area contributed by atoms with E-state index in [-0.39, 0.29) is 12.2 Å². The van der Waals surface area contributed by atoms with Gasteiger partial charge in [0.1, 0.15) is 11.4 Å². The van der Waals surface area contributed by atoms with Crippen LogP contribution in [0.15, 0.2) is 51.8 Å². The molecule has 1 saturated heterocycles. The first-order chi connectivity index (χ1) is 15.4. The third-order valence-electron chi connectivity index (χ3n) is 5.35. The second-order valence-electron chi connectivity index (χ2n) is 7.51. The number of aryl methyl sites for hydroxylation is 1. The standard InChI is InChI=1S/C21H19N7O4/c1-12-17(11-23-31-12)26-20-22-8-6-15(25-20)13-4-3-5-14(24-13)16-10-18(32-27-16)21(30)7-9-28(2)19(21)29/h3-6,8,10-11,30H,7,9H2,1-2H3,(H,22,25,26)/t21-/m1/s1. The van der Waals surface area contributed by atoms with Gasteiger partial charge in [-0.15, -0.1) is 0 Å². The van der Waals surface area contributed by atoms with Crippen LogP contribution in [-0.2, 0) is 10.4 Å². The Hall–Kier alpha value is -4.12. The number of hydrogen-bond donors (Lipinski definition) is 2.